The Kier molecular flexibility index (Phi) is 12.0. The maximum atomic E-state index is 13.9. The lowest BCUT2D eigenvalue weighted by atomic mass is 10.0. The zero-order valence-corrected chi connectivity index (χ0v) is 35.4. The fourth-order valence-corrected chi connectivity index (χ4v) is 8.78. The highest BCUT2D eigenvalue weighted by atomic mass is 32.2. The number of hydrazine groups is 1. The fourth-order valence-electron chi connectivity index (χ4n) is 8.28. The van der Waals surface area contributed by atoms with Crippen molar-refractivity contribution in [1.29, 1.82) is 0 Å². The minimum Gasteiger partial charge on any atom is -0.371 e. The van der Waals surface area contributed by atoms with E-state index in [9.17, 15) is 40.8 Å². The standard InChI is InChI=1S/C42H46F3N11O6S/c1-51(63(2,61)62)32-5-3-4-27(22-32)24-46-37-35(42(43,44)45)25-47-40(50-37)48-29-7-9-30(10-8-29)53-15-12-31(13-16-53)54-20-18-52(19-21-54)26-28-6-11-33-34(23-28)39(59)56(38(33)58)55-17-14-36(57)49-41(55)60/h3-11,22-23,25,31H,12-21,24,26H2,1-2H3,(H,49,57,60)(H2,46,47,48,50). The summed E-state index contributed by atoms with van der Waals surface area (Å²) in [7, 11) is -2.13. The summed E-state index contributed by atoms with van der Waals surface area (Å²) < 4.78 is 66.9. The van der Waals surface area contributed by atoms with Crippen LogP contribution in [-0.4, -0.2) is 127 Å². The maximum absolute atomic E-state index is 13.9. The molecule has 8 rings (SSSR count). The normalized spacial score (nSPS) is 18.1. The van der Waals surface area contributed by atoms with Gasteiger partial charge in [0.25, 0.3) is 11.8 Å². The monoisotopic (exact) mass is 889 g/mol. The van der Waals surface area contributed by atoms with Crippen LogP contribution in [0.3, 0.4) is 0 Å². The van der Waals surface area contributed by atoms with Crippen LogP contribution in [0.2, 0.25) is 0 Å². The number of halogens is 3. The van der Waals surface area contributed by atoms with Gasteiger partial charge < -0.3 is 15.5 Å². The van der Waals surface area contributed by atoms with Gasteiger partial charge >= 0.3 is 12.2 Å². The minimum atomic E-state index is -4.72. The Hall–Kier alpha value is -6.32. The largest absolute Gasteiger partial charge is 0.421 e. The van der Waals surface area contributed by atoms with Crippen molar-refractivity contribution in [3.8, 4) is 0 Å². The Morgan fingerprint density at radius 2 is 1.57 bits per heavy atom. The van der Waals surface area contributed by atoms with Crippen molar-refractivity contribution >= 4 is 62.6 Å². The lowest BCUT2D eigenvalue weighted by Crippen LogP contribution is -2.58. The third kappa shape index (κ3) is 9.54. The molecular weight excluding hydrogens is 844 g/mol. The fraction of sp³-hybridized carbons (Fsp3) is 0.381. The number of imide groups is 2. The number of piperidine rings is 1. The summed E-state index contributed by atoms with van der Waals surface area (Å²) in [6.45, 7) is 5.69. The first-order valence-corrected chi connectivity index (χ1v) is 22.3. The first-order chi connectivity index (χ1) is 30.0. The Morgan fingerprint density at radius 1 is 0.857 bits per heavy atom. The molecule has 4 aliphatic rings. The zero-order valence-electron chi connectivity index (χ0n) is 34.6. The molecule has 3 N–H and O–H groups in total. The molecule has 0 spiro atoms. The van der Waals surface area contributed by atoms with Gasteiger partial charge in [-0.25, -0.2) is 23.2 Å². The lowest BCUT2D eigenvalue weighted by Gasteiger charge is -2.43. The molecule has 0 unspecified atom stereocenters. The van der Waals surface area contributed by atoms with Crippen molar-refractivity contribution in [1.82, 2.24) is 35.1 Å². The van der Waals surface area contributed by atoms with Gasteiger partial charge in [0, 0.05) is 89.4 Å². The van der Waals surface area contributed by atoms with E-state index in [2.05, 4.69) is 40.6 Å². The number of hydrogen-bond acceptors (Lipinski definition) is 13. The van der Waals surface area contributed by atoms with Crippen LogP contribution in [0.5, 0.6) is 0 Å². The summed E-state index contributed by atoms with van der Waals surface area (Å²) in [4.78, 5) is 65.5. The van der Waals surface area contributed by atoms with Crippen molar-refractivity contribution in [2.75, 3.05) is 79.0 Å². The van der Waals surface area contributed by atoms with E-state index in [0.29, 0.717) is 29.5 Å². The van der Waals surface area contributed by atoms with E-state index in [1.807, 2.05) is 30.3 Å². The molecule has 0 radical (unpaired) electrons. The van der Waals surface area contributed by atoms with Crippen LogP contribution in [0.15, 0.2) is 72.9 Å². The molecule has 17 nitrogen and oxygen atoms in total. The number of alkyl halides is 3. The number of rotatable bonds is 12. The highest BCUT2D eigenvalue weighted by Gasteiger charge is 2.43. The van der Waals surface area contributed by atoms with E-state index in [-0.39, 0.29) is 36.6 Å². The smallest absolute Gasteiger partial charge is 0.371 e. The molecule has 3 fully saturated rings. The number of aromatic nitrogens is 2. The molecule has 21 heteroatoms. The second-order valence-electron chi connectivity index (χ2n) is 15.9. The molecule has 0 bridgehead atoms. The number of piperazine rings is 1. The minimum absolute atomic E-state index is 0.00366. The second kappa shape index (κ2) is 17.4. The van der Waals surface area contributed by atoms with Crippen LogP contribution in [0, 0.1) is 0 Å². The number of carbonyl (C=O) groups excluding carboxylic acids is 4. The molecule has 3 saturated heterocycles. The van der Waals surface area contributed by atoms with Gasteiger partial charge in [0.1, 0.15) is 11.4 Å². The zero-order chi connectivity index (χ0) is 44.6. The van der Waals surface area contributed by atoms with Crippen LogP contribution < -0.4 is 25.2 Å². The number of nitrogens with zero attached hydrogens (tertiary/aromatic N) is 8. The molecule has 3 aromatic carbocycles. The maximum Gasteiger partial charge on any atom is 0.421 e. The first kappa shape index (κ1) is 43.3. The van der Waals surface area contributed by atoms with Crippen molar-refractivity contribution in [3.05, 3.63) is 101 Å². The molecule has 5 heterocycles. The lowest BCUT2D eigenvalue weighted by molar-refractivity contribution is -0.137. The number of anilines is 5. The Labute approximate surface area is 361 Å². The first-order valence-electron chi connectivity index (χ1n) is 20.4. The second-order valence-corrected chi connectivity index (χ2v) is 18.0. The predicted octanol–water partition coefficient (Wildman–Crippen LogP) is 4.49. The average Bonchev–Trinajstić information content (AvgIpc) is 3.50. The van der Waals surface area contributed by atoms with Crippen LogP contribution >= 0.6 is 0 Å². The van der Waals surface area contributed by atoms with Crippen molar-refractivity contribution in [2.45, 2.75) is 44.6 Å². The summed E-state index contributed by atoms with van der Waals surface area (Å²) in [5.74, 6) is -2.07. The Bertz CT molecular complexity index is 2530. The van der Waals surface area contributed by atoms with Gasteiger partial charge in [-0.15, -0.1) is 0 Å². The third-order valence-electron chi connectivity index (χ3n) is 11.8. The predicted molar refractivity (Wildman–Crippen MR) is 228 cm³/mol. The Morgan fingerprint density at radius 3 is 2.25 bits per heavy atom. The SMILES string of the molecule is CN(c1cccc(CNc2nc(Nc3ccc(N4CCC(N5CCN(Cc6ccc7c(c6)C(=O)N(N6CCC(=O)NC6=O)C7=O)CC5)CC4)cc3)ncc2C(F)(F)F)c1)S(C)(=O)=O. The quantitative estimate of drug-likeness (QED) is 0.170. The van der Waals surface area contributed by atoms with E-state index in [0.717, 1.165) is 90.1 Å². The van der Waals surface area contributed by atoms with Gasteiger partial charge in [-0.05, 0) is 72.5 Å². The van der Waals surface area contributed by atoms with Gasteiger partial charge in [-0.3, -0.25) is 33.8 Å². The van der Waals surface area contributed by atoms with Crippen molar-refractivity contribution < 1.29 is 40.8 Å². The van der Waals surface area contributed by atoms with Gasteiger partial charge in [-0.1, -0.05) is 18.2 Å². The molecule has 0 saturated carbocycles. The van der Waals surface area contributed by atoms with Gasteiger partial charge in [0.15, 0.2) is 0 Å². The number of carbonyl (C=O) groups is 4. The number of hydrogen-bond donors (Lipinski definition) is 3. The van der Waals surface area contributed by atoms with Crippen LogP contribution in [0.25, 0.3) is 0 Å². The summed E-state index contributed by atoms with van der Waals surface area (Å²) in [6, 6.07) is 18.9. The van der Waals surface area contributed by atoms with Crippen LogP contribution in [-0.2, 0) is 34.1 Å². The molecule has 4 aromatic rings. The number of urea groups is 1. The topological polar surface area (TPSA) is 184 Å². The van der Waals surface area contributed by atoms with E-state index in [1.165, 1.54) is 7.05 Å². The Balaban J connectivity index is 0.813. The van der Waals surface area contributed by atoms with Gasteiger partial charge in [-0.2, -0.15) is 23.2 Å². The third-order valence-corrected chi connectivity index (χ3v) is 13.0. The van der Waals surface area contributed by atoms with Crippen molar-refractivity contribution in [3.63, 3.8) is 0 Å². The molecule has 1 aromatic heterocycles. The molecule has 4 aliphatic heterocycles. The average molecular weight is 890 g/mol. The molecule has 63 heavy (non-hydrogen) atoms. The molecule has 0 atom stereocenters. The van der Waals surface area contributed by atoms with Gasteiger partial charge in [0.05, 0.1) is 29.6 Å². The van der Waals surface area contributed by atoms with Gasteiger partial charge in [0.2, 0.25) is 21.9 Å². The van der Waals surface area contributed by atoms with Crippen LogP contribution in [0.4, 0.5) is 46.8 Å². The number of benzene rings is 3. The molecule has 0 aliphatic carbocycles. The highest BCUT2D eigenvalue weighted by Crippen LogP contribution is 2.35. The summed E-state index contributed by atoms with van der Waals surface area (Å²) >= 11 is 0. The number of sulfonamides is 1. The number of nitrogens with one attached hydrogen (secondary N) is 3. The molecule has 5 amide bonds. The summed E-state index contributed by atoms with van der Waals surface area (Å²) in [5, 5.41) is 9.71. The molecular formula is C42H46F3N11O6S. The van der Waals surface area contributed by atoms with E-state index >= 15 is 0 Å². The van der Waals surface area contributed by atoms with Crippen LogP contribution in [0.1, 0.15) is 56.7 Å². The number of fused-ring (bicyclic) bond motifs is 1. The van der Waals surface area contributed by atoms with E-state index in [4.69, 9.17) is 0 Å². The van der Waals surface area contributed by atoms with E-state index < -0.39 is 51.3 Å². The highest BCUT2D eigenvalue weighted by molar-refractivity contribution is 7.92. The summed E-state index contributed by atoms with van der Waals surface area (Å²) in [5.41, 5.74) is 2.88. The summed E-state index contributed by atoms with van der Waals surface area (Å²) in [6.07, 6.45) is -0.968. The molecule has 332 valence electrons. The van der Waals surface area contributed by atoms with E-state index in [1.54, 1.807) is 36.4 Å². The van der Waals surface area contributed by atoms with Crippen molar-refractivity contribution in [2.24, 2.45) is 0 Å². The number of amides is 5.